The van der Waals surface area contributed by atoms with Gasteiger partial charge in [-0.05, 0) is 49.2 Å². The number of rotatable bonds is 3. The summed E-state index contributed by atoms with van der Waals surface area (Å²) >= 11 is 5.89. The molecule has 2 saturated heterocycles. The number of nitrogens with one attached hydrogen (secondary N) is 1. The van der Waals surface area contributed by atoms with E-state index in [1.165, 1.54) is 4.90 Å². The summed E-state index contributed by atoms with van der Waals surface area (Å²) in [6.07, 6.45) is 2.83. The van der Waals surface area contributed by atoms with Crippen molar-refractivity contribution in [1.29, 1.82) is 0 Å². The molecule has 8 heteroatoms. The highest BCUT2D eigenvalue weighted by Gasteiger charge is 2.48. The Balaban J connectivity index is 1.49. The van der Waals surface area contributed by atoms with Crippen LogP contribution in [0.2, 0.25) is 5.02 Å². The zero-order valence-corrected chi connectivity index (χ0v) is 15.5. The summed E-state index contributed by atoms with van der Waals surface area (Å²) in [4.78, 5) is 40.8. The normalized spacial score (nSPS) is 22.1. The third-order valence-corrected chi connectivity index (χ3v) is 5.39. The van der Waals surface area contributed by atoms with E-state index in [0.29, 0.717) is 35.8 Å². The van der Waals surface area contributed by atoms with E-state index in [0.717, 1.165) is 0 Å². The Kier molecular flexibility index (Phi) is 4.39. The number of imide groups is 1. The zero-order valence-electron chi connectivity index (χ0n) is 14.8. The molecule has 0 aliphatic carbocycles. The molecule has 3 heterocycles. The van der Waals surface area contributed by atoms with Crippen LogP contribution in [-0.4, -0.2) is 45.9 Å². The highest BCUT2D eigenvalue weighted by atomic mass is 35.5. The van der Waals surface area contributed by atoms with Crippen LogP contribution in [0.25, 0.3) is 0 Å². The van der Waals surface area contributed by atoms with Crippen molar-refractivity contribution in [1.82, 2.24) is 14.8 Å². The number of fused-ring (bicyclic) bond motifs is 1. The maximum Gasteiger partial charge on any atom is 0.332 e. The number of nitrogens with zero attached hydrogens (tertiary/aromatic N) is 3. The summed E-state index contributed by atoms with van der Waals surface area (Å²) in [5.41, 5.74) is 1.07. The van der Waals surface area contributed by atoms with Gasteiger partial charge in [-0.25, -0.2) is 9.69 Å². The minimum Gasteiger partial charge on any atom is -0.348 e. The van der Waals surface area contributed by atoms with Crippen LogP contribution >= 0.6 is 11.6 Å². The number of piperidine rings is 1. The second-order valence-electron chi connectivity index (χ2n) is 6.84. The predicted molar refractivity (Wildman–Crippen MR) is 101 cm³/mol. The van der Waals surface area contributed by atoms with Crippen LogP contribution in [0.1, 0.15) is 23.3 Å². The predicted octanol–water partition coefficient (Wildman–Crippen LogP) is 2.41. The Labute approximate surface area is 161 Å². The summed E-state index contributed by atoms with van der Waals surface area (Å²) in [6, 6.07) is 9.14. The lowest BCUT2D eigenvalue weighted by Crippen LogP contribution is -2.50. The Hall–Kier alpha value is -2.80. The minimum atomic E-state index is -0.555. The molecule has 2 aliphatic heterocycles. The number of hydrogen-bond acceptors (Lipinski definition) is 3. The Morgan fingerprint density at radius 1 is 1.19 bits per heavy atom. The van der Waals surface area contributed by atoms with Gasteiger partial charge in [0.2, 0.25) is 0 Å². The molecular formula is C19H19ClN4O3. The molecular weight excluding hydrogens is 368 g/mol. The Morgan fingerprint density at radius 3 is 2.59 bits per heavy atom. The lowest BCUT2D eigenvalue weighted by molar-refractivity contribution is -0.120. The monoisotopic (exact) mass is 386 g/mol. The first-order chi connectivity index (χ1) is 13.0. The molecule has 1 aromatic heterocycles. The van der Waals surface area contributed by atoms with Crippen LogP contribution in [-0.2, 0) is 11.8 Å². The van der Waals surface area contributed by atoms with Crippen molar-refractivity contribution in [2.45, 2.75) is 24.9 Å². The first-order valence-electron chi connectivity index (χ1n) is 8.78. The molecule has 7 nitrogen and oxygen atoms in total. The van der Waals surface area contributed by atoms with Gasteiger partial charge in [-0.15, -0.1) is 0 Å². The van der Waals surface area contributed by atoms with Gasteiger partial charge in [-0.3, -0.25) is 9.59 Å². The van der Waals surface area contributed by atoms with Crippen molar-refractivity contribution in [3.05, 3.63) is 53.3 Å². The quantitative estimate of drug-likeness (QED) is 0.823. The molecule has 1 N–H and O–H groups in total. The Morgan fingerprint density at radius 2 is 1.93 bits per heavy atom. The standard InChI is InChI=1S/C19H19ClN4O3/c1-22-9-2-3-15(22)17(25)21-13-8-10-23-16(11-13)18(26)24(19(23)27)14-6-4-12(20)5-7-14/h2-7,9,13,16H,8,10-11H2,1H3,(H,21,25). The summed E-state index contributed by atoms with van der Waals surface area (Å²) in [6.45, 7) is 0.428. The maximum absolute atomic E-state index is 12.9. The number of carbonyl (C=O) groups is 3. The third-order valence-electron chi connectivity index (χ3n) is 5.14. The summed E-state index contributed by atoms with van der Waals surface area (Å²) in [5.74, 6) is -0.438. The molecule has 2 aliphatic rings. The van der Waals surface area contributed by atoms with Gasteiger partial charge < -0.3 is 14.8 Å². The average Bonchev–Trinajstić information content (AvgIpc) is 3.18. The van der Waals surface area contributed by atoms with Crippen molar-refractivity contribution >= 4 is 35.1 Å². The molecule has 2 unspecified atom stereocenters. The molecule has 4 amide bonds. The molecule has 0 spiro atoms. The first-order valence-corrected chi connectivity index (χ1v) is 9.16. The van der Waals surface area contributed by atoms with E-state index in [1.807, 2.05) is 0 Å². The zero-order chi connectivity index (χ0) is 19.1. The SMILES string of the molecule is Cn1cccc1C(=O)NC1CCN2C(=O)N(c3ccc(Cl)cc3)C(=O)C2C1. The average molecular weight is 387 g/mol. The number of hydrogen-bond donors (Lipinski definition) is 1. The molecule has 2 fully saturated rings. The molecule has 1 aromatic carbocycles. The molecule has 2 atom stereocenters. The number of benzene rings is 1. The summed E-state index contributed by atoms with van der Waals surface area (Å²) in [5, 5.41) is 3.53. The van der Waals surface area contributed by atoms with Crippen molar-refractivity contribution in [2.75, 3.05) is 11.4 Å². The molecule has 4 rings (SSSR count). The molecule has 27 heavy (non-hydrogen) atoms. The fraction of sp³-hybridized carbons (Fsp3) is 0.316. The lowest BCUT2D eigenvalue weighted by atomic mass is 9.98. The van der Waals surface area contributed by atoms with Crippen molar-refractivity contribution in [3.8, 4) is 0 Å². The maximum atomic E-state index is 12.9. The van der Waals surface area contributed by atoms with Crippen LogP contribution in [0.5, 0.6) is 0 Å². The van der Waals surface area contributed by atoms with Crippen LogP contribution in [0.4, 0.5) is 10.5 Å². The van der Waals surface area contributed by atoms with E-state index in [9.17, 15) is 14.4 Å². The molecule has 140 valence electrons. The minimum absolute atomic E-state index is 0.157. The van der Waals surface area contributed by atoms with E-state index in [4.69, 9.17) is 11.6 Å². The van der Waals surface area contributed by atoms with E-state index < -0.39 is 6.04 Å². The topological polar surface area (TPSA) is 74.7 Å². The van der Waals surface area contributed by atoms with Crippen LogP contribution in [0.3, 0.4) is 0 Å². The fourth-order valence-corrected chi connectivity index (χ4v) is 3.84. The highest BCUT2D eigenvalue weighted by molar-refractivity contribution is 6.30. The molecule has 0 radical (unpaired) electrons. The molecule has 0 saturated carbocycles. The van der Waals surface area contributed by atoms with E-state index in [1.54, 1.807) is 59.1 Å². The number of anilines is 1. The number of halogens is 1. The second-order valence-corrected chi connectivity index (χ2v) is 7.28. The smallest absolute Gasteiger partial charge is 0.332 e. The van der Waals surface area contributed by atoms with Crippen LogP contribution in [0, 0.1) is 0 Å². The van der Waals surface area contributed by atoms with E-state index >= 15 is 0 Å². The van der Waals surface area contributed by atoms with Crippen LogP contribution < -0.4 is 10.2 Å². The van der Waals surface area contributed by atoms with Gasteiger partial charge in [0, 0.05) is 30.9 Å². The van der Waals surface area contributed by atoms with Gasteiger partial charge in [0.1, 0.15) is 11.7 Å². The Bertz CT molecular complexity index is 908. The number of aryl methyl sites for hydroxylation is 1. The van der Waals surface area contributed by atoms with Gasteiger partial charge in [-0.2, -0.15) is 0 Å². The first kappa shape index (κ1) is 17.6. The van der Waals surface area contributed by atoms with E-state index in [2.05, 4.69) is 5.32 Å². The number of aromatic nitrogens is 1. The largest absolute Gasteiger partial charge is 0.348 e. The van der Waals surface area contributed by atoms with Crippen molar-refractivity contribution in [2.24, 2.45) is 7.05 Å². The molecule has 2 aromatic rings. The van der Waals surface area contributed by atoms with Gasteiger partial charge in [-0.1, -0.05) is 11.6 Å². The van der Waals surface area contributed by atoms with Crippen LogP contribution in [0.15, 0.2) is 42.6 Å². The highest BCUT2D eigenvalue weighted by Crippen LogP contribution is 2.31. The van der Waals surface area contributed by atoms with Gasteiger partial charge in [0.05, 0.1) is 5.69 Å². The second kappa shape index (κ2) is 6.74. The van der Waals surface area contributed by atoms with E-state index in [-0.39, 0.29) is 23.9 Å². The molecule has 0 bridgehead atoms. The fourth-order valence-electron chi connectivity index (χ4n) is 3.72. The number of amides is 4. The van der Waals surface area contributed by atoms with Gasteiger partial charge in [0.15, 0.2) is 0 Å². The van der Waals surface area contributed by atoms with Gasteiger partial charge in [0.25, 0.3) is 11.8 Å². The van der Waals surface area contributed by atoms with Crippen molar-refractivity contribution < 1.29 is 14.4 Å². The number of urea groups is 1. The lowest BCUT2D eigenvalue weighted by Gasteiger charge is -2.32. The third kappa shape index (κ3) is 3.08. The number of carbonyl (C=O) groups excluding carboxylic acids is 3. The van der Waals surface area contributed by atoms with Gasteiger partial charge >= 0.3 is 6.03 Å². The summed E-state index contributed by atoms with van der Waals surface area (Å²) < 4.78 is 1.75. The van der Waals surface area contributed by atoms with Crippen molar-refractivity contribution in [3.63, 3.8) is 0 Å². The summed E-state index contributed by atoms with van der Waals surface area (Å²) in [7, 11) is 1.81.